The molecule has 0 aliphatic heterocycles. The second kappa shape index (κ2) is 12.2. The van der Waals surface area contributed by atoms with Gasteiger partial charge in [0.1, 0.15) is 29.7 Å². The summed E-state index contributed by atoms with van der Waals surface area (Å²) in [5.41, 5.74) is 6.77. The van der Waals surface area contributed by atoms with Crippen LogP contribution in [-0.2, 0) is 30.1 Å². The second-order valence-electron chi connectivity index (χ2n) is 11.2. The van der Waals surface area contributed by atoms with Crippen LogP contribution in [0.15, 0.2) is 54.7 Å². The Hall–Kier alpha value is -4.61. The molecule has 0 radical (unpaired) electrons. The van der Waals surface area contributed by atoms with Crippen molar-refractivity contribution in [3.8, 4) is 11.1 Å². The summed E-state index contributed by atoms with van der Waals surface area (Å²) < 4.78 is 73.8. The molecule has 7 nitrogen and oxygen atoms in total. The summed E-state index contributed by atoms with van der Waals surface area (Å²) in [6.45, 7) is 3.15. The van der Waals surface area contributed by atoms with E-state index in [0.717, 1.165) is 22.9 Å². The lowest BCUT2D eigenvalue weighted by molar-refractivity contribution is -0.123. The molecule has 0 fully saturated rings. The molecule has 0 unspecified atom stereocenters. The third-order valence-electron chi connectivity index (χ3n) is 7.59. The number of nitrogens with zero attached hydrogens (tertiary/aromatic N) is 3. The largest absolute Gasteiger partial charge is 0.366 e. The summed E-state index contributed by atoms with van der Waals surface area (Å²) in [7, 11) is 0. The predicted octanol–water partition coefficient (Wildman–Crippen LogP) is 6.11. The molecule has 2 aromatic heterocycles. The minimum atomic E-state index is -3.17. The predicted molar refractivity (Wildman–Crippen MR) is 152 cm³/mol. The van der Waals surface area contributed by atoms with Crippen molar-refractivity contribution in [1.82, 2.24) is 20.1 Å². The fourth-order valence-electron chi connectivity index (χ4n) is 5.73. The SMILES string of the molecule is CC(C)c1nn(CC(=O)N[C@@H](Cc2cc(F)cc(F)c2)c2ncccc2-c2ccc(F)c(C(N)=O)c2)c2c1CCCC2(F)F. The van der Waals surface area contributed by atoms with Crippen molar-refractivity contribution in [2.45, 2.75) is 64.0 Å². The number of aromatic nitrogens is 3. The molecule has 1 aliphatic rings. The lowest BCUT2D eigenvalue weighted by Crippen LogP contribution is -2.35. The van der Waals surface area contributed by atoms with E-state index >= 15 is 8.78 Å². The minimum absolute atomic E-state index is 0.140. The van der Waals surface area contributed by atoms with Crippen molar-refractivity contribution in [1.29, 1.82) is 0 Å². The van der Waals surface area contributed by atoms with Gasteiger partial charge in [-0.1, -0.05) is 26.0 Å². The van der Waals surface area contributed by atoms with Gasteiger partial charge in [-0.2, -0.15) is 13.9 Å². The molecule has 0 saturated heterocycles. The Morgan fingerprint density at radius 1 is 1.05 bits per heavy atom. The van der Waals surface area contributed by atoms with Crippen LogP contribution < -0.4 is 11.1 Å². The molecule has 0 spiro atoms. The average molecular weight is 612 g/mol. The van der Waals surface area contributed by atoms with Crippen molar-refractivity contribution in [3.05, 3.63) is 106 Å². The maximum atomic E-state index is 15.1. The summed E-state index contributed by atoms with van der Waals surface area (Å²) in [5.74, 6) is -7.48. The number of carbonyl (C=O) groups excluding carboxylic acids is 2. The van der Waals surface area contributed by atoms with Crippen molar-refractivity contribution in [3.63, 3.8) is 0 Å². The Kier molecular flexibility index (Phi) is 8.53. The number of amides is 2. The molecule has 1 aliphatic carbocycles. The number of benzene rings is 2. The number of hydrogen-bond donors (Lipinski definition) is 2. The minimum Gasteiger partial charge on any atom is -0.366 e. The summed E-state index contributed by atoms with van der Waals surface area (Å²) in [6.07, 6.45) is 1.66. The lowest BCUT2D eigenvalue weighted by Gasteiger charge is -2.25. The smallest absolute Gasteiger partial charge is 0.289 e. The van der Waals surface area contributed by atoms with E-state index in [2.05, 4.69) is 15.4 Å². The first-order valence-electron chi connectivity index (χ1n) is 14.1. The lowest BCUT2D eigenvalue weighted by atomic mass is 9.90. The average Bonchev–Trinajstić information content (AvgIpc) is 3.32. The zero-order valence-corrected chi connectivity index (χ0v) is 24.0. The fourth-order valence-corrected chi connectivity index (χ4v) is 5.73. The number of nitrogens with one attached hydrogen (secondary N) is 1. The Morgan fingerprint density at radius 3 is 2.45 bits per heavy atom. The van der Waals surface area contributed by atoms with Gasteiger partial charge in [0.05, 0.1) is 23.0 Å². The zero-order valence-electron chi connectivity index (χ0n) is 24.0. The number of carbonyl (C=O) groups is 2. The van der Waals surface area contributed by atoms with E-state index in [0.29, 0.717) is 41.3 Å². The van der Waals surface area contributed by atoms with Crippen LogP contribution in [0.1, 0.15) is 77.2 Å². The number of primary amides is 1. The number of nitrogens with two attached hydrogens (primary N) is 1. The third-order valence-corrected chi connectivity index (χ3v) is 7.59. The maximum absolute atomic E-state index is 15.1. The van der Waals surface area contributed by atoms with Crippen LogP contribution in [-0.4, -0.2) is 26.6 Å². The number of halogens is 5. The number of alkyl halides is 2. The second-order valence-corrected chi connectivity index (χ2v) is 11.2. The monoisotopic (exact) mass is 611 g/mol. The third kappa shape index (κ3) is 6.34. The summed E-state index contributed by atoms with van der Waals surface area (Å²) in [4.78, 5) is 29.8. The van der Waals surface area contributed by atoms with Crippen LogP contribution in [0, 0.1) is 17.5 Å². The summed E-state index contributed by atoms with van der Waals surface area (Å²) >= 11 is 0. The Bertz CT molecular complexity index is 1720. The normalized spacial score (nSPS) is 14.7. The van der Waals surface area contributed by atoms with Crippen LogP contribution in [0.4, 0.5) is 22.0 Å². The van der Waals surface area contributed by atoms with Gasteiger partial charge in [-0.15, -0.1) is 0 Å². The quantitative estimate of drug-likeness (QED) is 0.223. The molecule has 3 N–H and O–H groups in total. The molecular formula is C32H30F5N5O2. The van der Waals surface area contributed by atoms with Gasteiger partial charge in [0.2, 0.25) is 5.91 Å². The first kappa shape index (κ1) is 30.8. The number of hydrogen-bond acceptors (Lipinski definition) is 4. The molecule has 2 aromatic carbocycles. The molecule has 4 aromatic rings. The molecule has 0 bridgehead atoms. The molecule has 1 atom stereocenters. The van der Waals surface area contributed by atoms with E-state index in [1.807, 2.05) is 13.8 Å². The van der Waals surface area contributed by atoms with Gasteiger partial charge in [0.15, 0.2) is 0 Å². The van der Waals surface area contributed by atoms with Crippen molar-refractivity contribution >= 4 is 11.8 Å². The van der Waals surface area contributed by atoms with Crippen LogP contribution in [0.5, 0.6) is 0 Å². The van der Waals surface area contributed by atoms with Crippen LogP contribution in [0.2, 0.25) is 0 Å². The number of rotatable bonds is 9. The standard InChI is InChI=1S/C32H30F5N5O2/c1-17(2)28-23-5-3-9-32(36,37)30(23)42(41-28)16-27(43)40-26(13-18-11-20(33)15-21(34)12-18)29-22(6-4-10-39-29)19-7-8-25(35)24(14-19)31(38)44/h4,6-8,10-12,14-15,17,26H,3,5,9,13,16H2,1-2H3,(H2,38,44)(H,40,43)/t26-/m0/s1. The Labute approximate surface area is 250 Å². The van der Waals surface area contributed by atoms with Gasteiger partial charge in [0.25, 0.3) is 11.8 Å². The topological polar surface area (TPSA) is 103 Å². The zero-order chi connectivity index (χ0) is 31.8. The van der Waals surface area contributed by atoms with Gasteiger partial charge in [-0.3, -0.25) is 19.3 Å². The van der Waals surface area contributed by atoms with Crippen molar-refractivity contribution in [2.24, 2.45) is 5.73 Å². The molecule has 44 heavy (non-hydrogen) atoms. The molecule has 230 valence electrons. The molecule has 2 heterocycles. The van der Waals surface area contributed by atoms with Crippen LogP contribution in [0.3, 0.4) is 0 Å². The maximum Gasteiger partial charge on any atom is 0.289 e. The van der Waals surface area contributed by atoms with E-state index in [-0.39, 0.29) is 41.3 Å². The summed E-state index contributed by atoms with van der Waals surface area (Å²) in [5, 5.41) is 7.18. The van der Waals surface area contributed by atoms with E-state index in [4.69, 9.17) is 5.73 Å². The highest BCUT2D eigenvalue weighted by Crippen LogP contribution is 2.42. The van der Waals surface area contributed by atoms with E-state index in [1.54, 1.807) is 12.1 Å². The molecule has 5 rings (SSSR count). The Morgan fingerprint density at radius 2 is 1.77 bits per heavy atom. The fraction of sp³-hybridized carbons (Fsp3) is 0.312. The Balaban J connectivity index is 1.54. The first-order valence-corrected chi connectivity index (χ1v) is 14.1. The van der Waals surface area contributed by atoms with E-state index in [9.17, 15) is 22.8 Å². The molecular weight excluding hydrogens is 581 g/mol. The molecule has 12 heteroatoms. The van der Waals surface area contributed by atoms with Crippen molar-refractivity contribution in [2.75, 3.05) is 0 Å². The highest BCUT2D eigenvalue weighted by molar-refractivity contribution is 5.94. The number of pyridine rings is 1. The van der Waals surface area contributed by atoms with Gasteiger partial charge in [0, 0.05) is 29.8 Å². The van der Waals surface area contributed by atoms with Crippen molar-refractivity contribution < 1.29 is 31.5 Å². The van der Waals surface area contributed by atoms with Crippen LogP contribution >= 0.6 is 0 Å². The van der Waals surface area contributed by atoms with Gasteiger partial charge in [-0.25, -0.2) is 13.2 Å². The van der Waals surface area contributed by atoms with E-state index in [1.165, 1.54) is 18.3 Å². The molecule has 2 amide bonds. The highest BCUT2D eigenvalue weighted by atomic mass is 19.3. The molecule has 0 saturated carbocycles. The van der Waals surface area contributed by atoms with E-state index < -0.39 is 47.8 Å². The van der Waals surface area contributed by atoms with Gasteiger partial charge in [-0.05, 0) is 66.6 Å². The van der Waals surface area contributed by atoms with Gasteiger partial charge >= 0.3 is 0 Å². The number of fused-ring (bicyclic) bond motifs is 1. The summed E-state index contributed by atoms with van der Waals surface area (Å²) in [6, 6.07) is 8.79. The highest BCUT2D eigenvalue weighted by Gasteiger charge is 2.42. The van der Waals surface area contributed by atoms with Crippen LogP contribution in [0.25, 0.3) is 11.1 Å². The first-order chi connectivity index (χ1) is 20.8. The van der Waals surface area contributed by atoms with Gasteiger partial charge < -0.3 is 11.1 Å².